The number of anilines is 1. The molecule has 9 heteroatoms. The molecule has 0 aliphatic carbocycles. The number of aryl methyl sites for hydroxylation is 1. The molecular formula is C25H27N3O5S. The fourth-order valence-electron chi connectivity index (χ4n) is 4.49. The van der Waals surface area contributed by atoms with Gasteiger partial charge in [0.2, 0.25) is 15.9 Å². The standard InChI is InChI=1S/C25H27N3O5S/c1-3-27(22-11-9-19-6-4-5-7-21(19)16-22)25(29)20-12-14-26(15-13-20)34(32,33)24-17-23(28(30)31)10-8-18(24)2/h4-11,16-17,20H,3,12-15H2,1-2H3. The lowest BCUT2D eigenvalue weighted by Gasteiger charge is -2.33. The van der Waals surface area contributed by atoms with Crippen molar-refractivity contribution in [3.8, 4) is 0 Å². The molecule has 0 spiro atoms. The number of amides is 1. The monoisotopic (exact) mass is 481 g/mol. The van der Waals surface area contributed by atoms with Crippen LogP contribution < -0.4 is 4.90 Å². The summed E-state index contributed by atoms with van der Waals surface area (Å²) >= 11 is 0. The average molecular weight is 482 g/mol. The molecule has 1 heterocycles. The van der Waals surface area contributed by atoms with E-state index in [4.69, 9.17) is 0 Å². The first-order valence-corrected chi connectivity index (χ1v) is 12.7. The molecule has 0 atom stereocenters. The van der Waals surface area contributed by atoms with E-state index in [0.717, 1.165) is 22.5 Å². The minimum absolute atomic E-state index is 0.0126. The Morgan fingerprint density at radius 2 is 1.74 bits per heavy atom. The molecule has 0 unspecified atom stereocenters. The summed E-state index contributed by atoms with van der Waals surface area (Å²) in [5.41, 5.74) is 1.02. The van der Waals surface area contributed by atoms with E-state index in [1.54, 1.807) is 11.8 Å². The molecule has 178 valence electrons. The van der Waals surface area contributed by atoms with E-state index in [0.29, 0.717) is 24.9 Å². The summed E-state index contributed by atoms with van der Waals surface area (Å²) in [6, 6.07) is 17.8. The Morgan fingerprint density at radius 3 is 2.38 bits per heavy atom. The average Bonchev–Trinajstić information content (AvgIpc) is 2.84. The summed E-state index contributed by atoms with van der Waals surface area (Å²) in [5.74, 6) is -0.301. The predicted octanol–water partition coefficient (Wildman–Crippen LogP) is 4.51. The molecule has 34 heavy (non-hydrogen) atoms. The Morgan fingerprint density at radius 1 is 1.06 bits per heavy atom. The second kappa shape index (κ2) is 9.52. The van der Waals surface area contributed by atoms with Gasteiger partial charge < -0.3 is 4.90 Å². The fraction of sp³-hybridized carbons (Fsp3) is 0.320. The van der Waals surface area contributed by atoms with Gasteiger partial charge in [-0.2, -0.15) is 4.31 Å². The van der Waals surface area contributed by atoms with Crippen LogP contribution in [0.4, 0.5) is 11.4 Å². The molecular weight excluding hydrogens is 454 g/mol. The molecule has 1 fully saturated rings. The van der Waals surface area contributed by atoms with E-state index in [-0.39, 0.29) is 35.5 Å². The van der Waals surface area contributed by atoms with Crippen molar-refractivity contribution in [1.29, 1.82) is 0 Å². The van der Waals surface area contributed by atoms with Gasteiger partial charge in [0, 0.05) is 43.4 Å². The highest BCUT2D eigenvalue weighted by Gasteiger charge is 2.35. The number of sulfonamides is 1. The molecule has 0 aromatic heterocycles. The van der Waals surface area contributed by atoms with Crippen molar-refractivity contribution >= 4 is 38.1 Å². The van der Waals surface area contributed by atoms with E-state index >= 15 is 0 Å². The molecule has 1 aliphatic rings. The molecule has 1 saturated heterocycles. The number of nitrogens with zero attached hydrogens (tertiary/aromatic N) is 3. The van der Waals surface area contributed by atoms with Gasteiger partial charge >= 0.3 is 0 Å². The number of fused-ring (bicyclic) bond motifs is 1. The van der Waals surface area contributed by atoms with Crippen LogP contribution >= 0.6 is 0 Å². The van der Waals surface area contributed by atoms with Gasteiger partial charge in [-0.15, -0.1) is 0 Å². The molecule has 0 bridgehead atoms. The number of carbonyl (C=O) groups excluding carboxylic acids is 1. The van der Waals surface area contributed by atoms with Crippen molar-refractivity contribution in [1.82, 2.24) is 4.31 Å². The minimum atomic E-state index is -3.90. The molecule has 1 aliphatic heterocycles. The second-order valence-electron chi connectivity index (χ2n) is 8.50. The normalized spacial score (nSPS) is 15.4. The second-order valence-corrected chi connectivity index (χ2v) is 10.4. The van der Waals surface area contributed by atoms with Gasteiger partial charge in [-0.25, -0.2) is 8.42 Å². The quantitative estimate of drug-likeness (QED) is 0.381. The first-order valence-electron chi connectivity index (χ1n) is 11.3. The van der Waals surface area contributed by atoms with Crippen LogP contribution in [-0.2, 0) is 14.8 Å². The van der Waals surface area contributed by atoms with Crippen LogP contribution in [0.15, 0.2) is 65.6 Å². The molecule has 0 N–H and O–H groups in total. The molecule has 1 amide bonds. The number of nitro groups is 1. The number of rotatable bonds is 6. The molecule has 4 rings (SSSR count). The van der Waals surface area contributed by atoms with Gasteiger partial charge in [0.05, 0.1) is 9.82 Å². The molecule has 3 aromatic rings. The summed E-state index contributed by atoms with van der Waals surface area (Å²) in [4.78, 5) is 25.6. The highest BCUT2D eigenvalue weighted by molar-refractivity contribution is 7.89. The zero-order valence-electron chi connectivity index (χ0n) is 19.2. The lowest BCUT2D eigenvalue weighted by Crippen LogP contribution is -2.44. The summed E-state index contributed by atoms with van der Waals surface area (Å²) < 4.78 is 27.7. The van der Waals surface area contributed by atoms with Crippen molar-refractivity contribution < 1.29 is 18.1 Å². The van der Waals surface area contributed by atoms with E-state index < -0.39 is 14.9 Å². The number of hydrogen-bond donors (Lipinski definition) is 0. The summed E-state index contributed by atoms with van der Waals surface area (Å²) in [6.45, 7) is 4.45. The predicted molar refractivity (Wildman–Crippen MR) is 131 cm³/mol. The van der Waals surface area contributed by atoms with E-state index in [9.17, 15) is 23.3 Å². The Hall–Kier alpha value is -3.30. The van der Waals surface area contributed by atoms with Gasteiger partial charge in [0.25, 0.3) is 5.69 Å². The van der Waals surface area contributed by atoms with E-state index in [1.165, 1.54) is 16.4 Å². The first-order chi connectivity index (χ1) is 16.2. The highest BCUT2D eigenvalue weighted by Crippen LogP contribution is 2.30. The zero-order valence-corrected chi connectivity index (χ0v) is 20.0. The van der Waals surface area contributed by atoms with E-state index in [1.807, 2.05) is 49.4 Å². The molecule has 0 radical (unpaired) electrons. The maximum Gasteiger partial charge on any atom is 0.270 e. The van der Waals surface area contributed by atoms with Crippen LogP contribution in [0.5, 0.6) is 0 Å². The van der Waals surface area contributed by atoms with Crippen molar-refractivity contribution in [2.24, 2.45) is 5.92 Å². The topological polar surface area (TPSA) is 101 Å². The van der Waals surface area contributed by atoms with Gasteiger partial charge in [0.15, 0.2) is 0 Å². The third-order valence-corrected chi connectivity index (χ3v) is 8.47. The van der Waals surface area contributed by atoms with Crippen LogP contribution in [0.2, 0.25) is 0 Å². The van der Waals surface area contributed by atoms with Gasteiger partial charge in [-0.1, -0.05) is 36.4 Å². The summed E-state index contributed by atoms with van der Waals surface area (Å²) in [7, 11) is -3.90. The Labute approximate surface area is 199 Å². The van der Waals surface area contributed by atoms with Gasteiger partial charge in [-0.3, -0.25) is 14.9 Å². The van der Waals surface area contributed by atoms with Crippen molar-refractivity contribution in [2.75, 3.05) is 24.5 Å². The maximum atomic E-state index is 13.3. The number of nitro benzene ring substituents is 1. The third kappa shape index (κ3) is 4.53. The maximum absolute atomic E-state index is 13.3. The molecule has 8 nitrogen and oxygen atoms in total. The number of hydrogen-bond acceptors (Lipinski definition) is 5. The van der Waals surface area contributed by atoms with Crippen LogP contribution in [0.25, 0.3) is 10.8 Å². The smallest absolute Gasteiger partial charge is 0.270 e. The van der Waals surface area contributed by atoms with Gasteiger partial charge in [-0.05, 0) is 55.2 Å². The highest BCUT2D eigenvalue weighted by atomic mass is 32.2. The van der Waals surface area contributed by atoms with Gasteiger partial charge in [0.1, 0.15) is 0 Å². The lowest BCUT2D eigenvalue weighted by molar-refractivity contribution is -0.385. The minimum Gasteiger partial charge on any atom is -0.312 e. The summed E-state index contributed by atoms with van der Waals surface area (Å²) in [6.07, 6.45) is 0.798. The SMILES string of the molecule is CCN(C(=O)C1CCN(S(=O)(=O)c2cc([N+](=O)[O-])ccc2C)CC1)c1ccc2ccccc2c1. The first kappa shape index (κ1) is 23.8. The van der Waals surface area contributed by atoms with Crippen molar-refractivity contribution in [2.45, 2.75) is 31.6 Å². The Bertz CT molecular complexity index is 1350. The largest absolute Gasteiger partial charge is 0.312 e. The number of benzene rings is 3. The Kier molecular flexibility index (Phi) is 6.67. The van der Waals surface area contributed by atoms with Crippen LogP contribution in [0.3, 0.4) is 0 Å². The zero-order chi connectivity index (χ0) is 24.5. The molecule has 0 saturated carbocycles. The van der Waals surface area contributed by atoms with Crippen LogP contribution in [-0.4, -0.2) is 43.2 Å². The van der Waals surface area contributed by atoms with Crippen molar-refractivity contribution in [3.63, 3.8) is 0 Å². The number of piperidine rings is 1. The molecule has 3 aromatic carbocycles. The van der Waals surface area contributed by atoms with Crippen molar-refractivity contribution in [3.05, 3.63) is 76.3 Å². The van der Waals surface area contributed by atoms with Crippen LogP contribution in [0, 0.1) is 23.0 Å². The Balaban J connectivity index is 1.49. The third-order valence-electron chi connectivity index (χ3n) is 6.43. The number of non-ortho nitro benzene ring substituents is 1. The van der Waals surface area contributed by atoms with Crippen LogP contribution in [0.1, 0.15) is 25.3 Å². The lowest BCUT2D eigenvalue weighted by atomic mass is 9.96. The van der Waals surface area contributed by atoms with E-state index in [2.05, 4.69) is 0 Å². The fourth-order valence-corrected chi connectivity index (χ4v) is 6.21. The number of carbonyl (C=O) groups is 1. The summed E-state index contributed by atoms with van der Waals surface area (Å²) in [5, 5.41) is 13.3.